The molecule has 69 heavy (non-hydrogen) atoms. The van der Waals surface area contributed by atoms with Gasteiger partial charge in [-0.1, -0.05) is 53.4 Å². The lowest BCUT2D eigenvalue weighted by atomic mass is 9.82. The van der Waals surface area contributed by atoms with E-state index in [4.69, 9.17) is 5.84 Å². The van der Waals surface area contributed by atoms with E-state index in [0.717, 1.165) is 47.9 Å². The van der Waals surface area contributed by atoms with Crippen LogP contribution in [0.3, 0.4) is 0 Å². The first-order chi connectivity index (χ1) is 33.0. The maximum Gasteiger partial charge on any atom is 0.198 e. The van der Waals surface area contributed by atoms with Gasteiger partial charge in [-0.15, -0.1) is 0 Å². The molecule has 0 radical (unpaired) electrons. The normalized spacial score (nSPS) is 12.2. The summed E-state index contributed by atoms with van der Waals surface area (Å²) in [6.45, 7) is 7.95. The van der Waals surface area contributed by atoms with Crippen LogP contribution in [0.5, 0.6) is 0 Å². The lowest BCUT2D eigenvalue weighted by Crippen LogP contribution is -2.09. The molecule has 5 heterocycles. The highest BCUT2D eigenvalue weighted by atomic mass is 19.2. The molecule has 0 fully saturated rings. The molecule has 0 unspecified atom stereocenters. The first kappa shape index (κ1) is 47.3. The van der Waals surface area contributed by atoms with E-state index in [1.54, 1.807) is 0 Å². The maximum atomic E-state index is 16.3. The summed E-state index contributed by atoms with van der Waals surface area (Å²) in [5.41, 5.74) is -3.98. The smallest absolute Gasteiger partial charge is 0.198 e. The number of aryl methyl sites for hydroxylation is 2. The molecule has 0 saturated carbocycles. The van der Waals surface area contributed by atoms with Crippen molar-refractivity contribution in [1.29, 1.82) is 0 Å². The molecule has 0 aliphatic carbocycles. The van der Waals surface area contributed by atoms with E-state index in [1.165, 1.54) is 0 Å². The zero-order valence-corrected chi connectivity index (χ0v) is 37.2. The summed E-state index contributed by atoms with van der Waals surface area (Å²) in [7, 11) is 0. The van der Waals surface area contributed by atoms with Crippen molar-refractivity contribution < 1.29 is 52.7 Å². The van der Waals surface area contributed by atoms with Gasteiger partial charge in [-0.3, -0.25) is 0 Å². The number of aromatic nitrogens is 8. The topological polar surface area (TPSA) is 124 Å². The van der Waals surface area contributed by atoms with Crippen LogP contribution in [0.1, 0.15) is 101 Å². The summed E-state index contributed by atoms with van der Waals surface area (Å²) in [5.74, 6) is -24.4. The third-order valence-corrected chi connectivity index (χ3v) is 12.7. The van der Waals surface area contributed by atoms with Gasteiger partial charge in [0.15, 0.2) is 104 Å². The van der Waals surface area contributed by atoms with Gasteiger partial charge in [0.25, 0.3) is 0 Å². The molecule has 8 bridgehead atoms. The van der Waals surface area contributed by atoms with Crippen molar-refractivity contribution in [2.45, 2.75) is 105 Å². The van der Waals surface area contributed by atoms with Gasteiger partial charge >= 0.3 is 0 Å². The van der Waals surface area contributed by atoms with Crippen LogP contribution < -0.4 is 5.84 Å². The largest absolute Gasteiger partial charge is 0.336 e. The van der Waals surface area contributed by atoms with Crippen molar-refractivity contribution in [3.05, 3.63) is 92.1 Å². The van der Waals surface area contributed by atoms with Crippen molar-refractivity contribution in [3.8, 4) is 45.6 Å². The molecule has 0 amide bonds. The zero-order valence-electron chi connectivity index (χ0n) is 37.2. The third-order valence-electron chi connectivity index (χ3n) is 12.7. The van der Waals surface area contributed by atoms with Crippen LogP contribution >= 0.6 is 0 Å². The molecular weight excluding hydrogens is 931 g/mol. The minimum absolute atomic E-state index is 0.110. The summed E-state index contributed by atoms with van der Waals surface area (Å²) in [5, 5.41) is -2.04. The van der Waals surface area contributed by atoms with Crippen molar-refractivity contribution in [3.63, 3.8) is 0 Å². The van der Waals surface area contributed by atoms with Gasteiger partial charge < -0.3 is 10.8 Å². The molecule has 0 atom stereocenters. The number of hydrogen-bond donors (Lipinski definition) is 2. The number of aromatic amines is 1. The van der Waals surface area contributed by atoms with Crippen molar-refractivity contribution in [2.75, 3.05) is 5.84 Å². The maximum absolute atomic E-state index is 16.3. The Morgan fingerprint density at radius 2 is 0.623 bits per heavy atom. The molecule has 0 saturated heterocycles. The fourth-order valence-corrected chi connectivity index (χ4v) is 9.34. The van der Waals surface area contributed by atoms with E-state index in [2.05, 4.69) is 34.9 Å². The number of rotatable bonds is 12. The van der Waals surface area contributed by atoms with Gasteiger partial charge in [0.2, 0.25) is 0 Å². The van der Waals surface area contributed by atoms with Crippen LogP contribution in [0.4, 0.5) is 52.7 Å². The van der Waals surface area contributed by atoms with Gasteiger partial charge in [0, 0.05) is 10.8 Å². The second-order valence-corrected chi connectivity index (χ2v) is 16.9. The molecule has 4 aromatic carbocycles. The molecule has 2 aliphatic rings. The number of fused-ring (bicyclic) bond motifs is 20. The number of nitrogen functional groups attached to an aromatic ring is 1. The van der Waals surface area contributed by atoms with E-state index < -0.39 is 137 Å². The van der Waals surface area contributed by atoms with Gasteiger partial charge in [0.05, 0.1) is 33.0 Å². The molecule has 3 N–H and O–H groups in total. The Morgan fingerprint density at radius 3 is 0.928 bits per heavy atom. The summed E-state index contributed by atoms with van der Waals surface area (Å²) in [6.07, 6.45) is 7.66. The van der Waals surface area contributed by atoms with E-state index in [1.807, 2.05) is 27.7 Å². The minimum Gasteiger partial charge on any atom is -0.336 e. The van der Waals surface area contributed by atoms with Gasteiger partial charge in [-0.25, -0.2) is 87.3 Å². The SMILES string of the molecule is CCCCc1c(CCCC)c(CCCC)c2c3nc4nc(nc5c6c(F)c(F)c(F)c(F)c6c(nc6nc(nc([nH]3)c2c1CCCC)-c1c(F)c(F)c(F)c(F)c1-6)n5N)-c1c(F)c(F)c(F)c(F)c1-4. The van der Waals surface area contributed by atoms with Crippen LogP contribution in [0.15, 0.2) is 0 Å². The number of nitrogens with two attached hydrogens (primary N) is 1. The Kier molecular flexibility index (Phi) is 12.3. The number of unbranched alkanes of at least 4 members (excludes halogenated alkanes) is 4. The number of benzene rings is 4. The molecular formula is C48H39F12N9. The zero-order chi connectivity index (χ0) is 49.5. The average Bonchev–Trinajstić information content (AvgIpc) is 4.06. The fraction of sp³-hybridized carbons (Fsp3) is 0.333. The lowest BCUT2D eigenvalue weighted by molar-refractivity contribution is 0.412. The predicted molar refractivity (Wildman–Crippen MR) is 234 cm³/mol. The molecule has 3 aromatic heterocycles. The highest BCUT2D eigenvalue weighted by molar-refractivity contribution is 6.10. The highest BCUT2D eigenvalue weighted by Gasteiger charge is 2.37. The number of halogens is 12. The Labute approximate surface area is 383 Å². The molecule has 21 heteroatoms. The van der Waals surface area contributed by atoms with E-state index in [0.29, 0.717) is 62.1 Å². The van der Waals surface area contributed by atoms with Gasteiger partial charge in [0.1, 0.15) is 11.3 Å². The molecule has 9 nitrogen and oxygen atoms in total. The van der Waals surface area contributed by atoms with Crippen LogP contribution in [-0.2, 0) is 25.7 Å². The van der Waals surface area contributed by atoms with Crippen molar-refractivity contribution >= 4 is 44.1 Å². The van der Waals surface area contributed by atoms with Crippen LogP contribution in [0, 0.1) is 69.8 Å². The van der Waals surface area contributed by atoms with Crippen molar-refractivity contribution in [1.82, 2.24) is 39.6 Å². The standard InChI is InChI=1S/C48H39F12N9/c1-5-9-13-17-18(14-10-6-2)20(16-12-8-4)22-21(19(17)15-11-7-3)41-62-42(22)64-44-24-26(32(52)38(58)36(56)30(24)50)46(66-44)68-48-28-27(33(53)39(59)40(60)34(28)54)47(69(48)61)67-45-25-23(43(63-41)65-45)29(49)35(55)37(57)31(25)51/h5-16,61H2,1-4H3,(H,62,63,64,65,66,67,68). The van der Waals surface area contributed by atoms with Gasteiger partial charge in [-0.05, 0) is 73.6 Å². The Hall–Kier alpha value is -6.80. The fourth-order valence-electron chi connectivity index (χ4n) is 9.34. The second-order valence-electron chi connectivity index (χ2n) is 16.9. The predicted octanol–water partition coefficient (Wildman–Crippen LogP) is 13.1. The third kappa shape index (κ3) is 7.15. The Bertz CT molecular complexity index is 3290. The molecule has 9 rings (SSSR count). The molecule has 0 spiro atoms. The summed E-state index contributed by atoms with van der Waals surface area (Å²) >= 11 is 0. The first-order valence-corrected chi connectivity index (χ1v) is 22.4. The van der Waals surface area contributed by atoms with Crippen LogP contribution in [-0.4, -0.2) is 39.6 Å². The van der Waals surface area contributed by atoms with Crippen LogP contribution in [0.25, 0.3) is 89.7 Å². The quantitative estimate of drug-likeness (QED) is 0.0541. The molecule has 2 aliphatic heterocycles. The highest BCUT2D eigenvalue weighted by Crippen LogP contribution is 2.45. The lowest BCUT2D eigenvalue weighted by Gasteiger charge is -2.22. The second kappa shape index (κ2) is 17.9. The Morgan fingerprint density at radius 1 is 0.348 bits per heavy atom. The molecule has 7 aromatic rings. The number of H-pyrrole nitrogens is 1. The first-order valence-electron chi connectivity index (χ1n) is 22.4. The van der Waals surface area contributed by atoms with Gasteiger partial charge in [-0.2, -0.15) is 0 Å². The number of nitrogens with zero attached hydrogens (tertiary/aromatic N) is 7. The Balaban J connectivity index is 1.63. The van der Waals surface area contributed by atoms with Crippen molar-refractivity contribution in [2.24, 2.45) is 0 Å². The van der Waals surface area contributed by atoms with E-state index >= 15 is 52.7 Å². The van der Waals surface area contributed by atoms with E-state index in [9.17, 15) is 0 Å². The average molecular weight is 970 g/mol. The van der Waals surface area contributed by atoms with Crippen LogP contribution in [0.2, 0.25) is 0 Å². The minimum atomic E-state index is -2.44. The summed E-state index contributed by atoms with van der Waals surface area (Å²) in [4.78, 5) is 28.5. The summed E-state index contributed by atoms with van der Waals surface area (Å²) < 4.78 is 188. The summed E-state index contributed by atoms with van der Waals surface area (Å²) in [6, 6.07) is 0. The van der Waals surface area contributed by atoms with E-state index in [-0.39, 0.29) is 16.0 Å². The number of nitrogens with one attached hydrogen (secondary N) is 1. The monoisotopic (exact) mass is 969 g/mol. The molecule has 360 valence electrons. The number of hydrogen-bond acceptors (Lipinski definition) is 7.